The number of carboxylic acids is 1. The normalized spacial score (nSPS) is 44.6. The molecule has 2 fully saturated rings. The van der Waals surface area contributed by atoms with Crippen LogP contribution in [0.2, 0.25) is 0 Å². The lowest BCUT2D eigenvalue weighted by Gasteiger charge is -2.54. The Morgan fingerprint density at radius 3 is 2.81 bits per heavy atom. The zero-order valence-electron chi connectivity index (χ0n) is 15.8. The minimum atomic E-state index is -0.985. The van der Waals surface area contributed by atoms with E-state index in [2.05, 4.69) is 19.1 Å². The summed E-state index contributed by atoms with van der Waals surface area (Å²) in [4.78, 5) is 11.0. The summed E-state index contributed by atoms with van der Waals surface area (Å²) in [5, 5.41) is 20.3. The maximum Gasteiger partial charge on any atom is 0.328 e. The van der Waals surface area contributed by atoms with Crippen molar-refractivity contribution >= 4 is 5.97 Å². The lowest BCUT2D eigenvalue weighted by atomic mass is 9.51. The molecule has 4 rings (SSSR count). The second-order valence-corrected chi connectivity index (χ2v) is 8.92. The number of carbonyl (C=O) groups is 1. The summed E-state index contributed by atoms with van der Waals surface area (Å²) in [5.41, 5.74) is 0.256. The predicted octanol–water partition coefficient (Wildman–Crippen LogP) is 4.07. The largest absolute Gasteiger partial charge is 0.501 e. The number of aliphatic carboxylic acids is 1. The van der Waals surface area contributed by atoms with Crippen molar-refractivity contribution in [2.24, 2.45) is 29.1 Å². The van der Waals surface area contributed by atoms with Gasteiger partial charge < -0.3 is 14.9 Å². The molecular formula is C22H30O4. The van der Waals surface area contributed by atoms with Crippen LogP contribution in [-0.4, -0.2) is 28.9 Å². The zero-order valence-corrected chi connectivity index (χ0v) is 15.8. The number of ether oxygens (including phenoxy) is 1. The fourth-order valence-electron chi connectivity index (χ4n) is 6.62. The monoisotopic (exact) mass is 358 g/mol. The molecule has 0 bridgehead atoms. The molecule has 4 nitrogen and oxygen atoms in total. The van der Waals surface area contributed by atoms with Crippen molar-refractivity contribution in [3.05, 3.63) is 35.6 Å². The smallest absolute Gasteiger partial charge is 0.328 e. The molecule has 142 valence electrons. The first-order valence-corrected chi connectivity index (χ1v) is 9.97. The molecule has 0 spiro atoms. The quantitative estimate of drug-likeness (QED) is 0.746. The first kappa shape index (κ1) is 17.8. The molecule has 0 aromatic carbocycles. The van der Waals surface area contributed by atoms with E-state index in [9.17, 15) is 9.90 Å². The molecule has 0 amide bonds. The molecule has 0 radical (unpaired) electrons. The van der Waals surface area contributed by atoms with Gasteiger partial charge in [-0.2, -0.15) is 0 Å². The van der Waals surface area contributed by atoms with E-state index in [1.807, 2.05) is 0 Å². The molecule has 6 atom stereocenters. The number of methoxy groups -OCH3 is 1. The SMILES string of the molecule is COC1=CC2=CC[C@@H]3[C@H](CC[C@@]4(C)[C@H]3CC[C@@]4(O)/C=C\C(=O)O)[C@H]2CC1. The summed E-state index contributed by atoms with van der Waals surface area (Å²) in [6.07, 6.45) is 14.4. The second-order valence-electron chi connectivity index (χ2n) is 8.92. The lowest BCUT2D eigenvalue weighted by Crippen LogP contribution is -2.51. The zero-order chi connectivity index (χ0) is 18.5. The highest BCUT2D eigenvalue weighted by Gasteiger charge is 2.61. The van der Waals surface area contributed by atoms with Gasteiger partial charge in [0.2, 0.25) is 0 Å². The molecule has 0 heterocycles. The van der Waals surface area contributed by atoms with Crippen LogP contribution in [0.4, 0.5) is 0 Å². The van der Waals surface area contributed by atoms with E-state index in [1.165, 1.54) is 12.0 Å². The average molecular weight is 358 g/mol. The number of hydrogen-bond acceptors (Lipinski definition) is 3. The Bertz CT molecular complexity index is 690. The summed E-state index contributed by atoms with van der Waals surface area (Å²) in [6.45, 7) is 2.19. The lowest BCUT2D eigenvalue weighted by molar-refractivity contribution is -0.131. The summed E-state index contributed by atoms with van der Waals surface area (Å²) >= 11 is 0. The molecule has 4 heteroatoms. The van der Waals surface area contributed by atoms with E-state index in [0.29, 0.717) is 30.1 Å². The van der Waals surface area contributed by atoms with Crippen LogP contribution in [-0.2, 0) is 9.53 Å². The van der Waals surface area contributed by atoms with Gasteiger partial charge in [-0.3, -0.25) is 0 Å². The Hall–Kier alpha value is -1.55. The van der Waals surface area contributed by atoms with Crippen LogP contribution >= 0.6 is 0 Å². The van der Waals surface area contributed by atoms with Crippen LogP contribution in [0, 0.1) is 29.1 Å². The van der Waals surface area contributed by atoms with E-state index < -0.39 is 11.6 Å². The van der Waals surface area contributed by atoms with Gasteiger partial charge in [-0.25, -0.2) is 4.79 Å². The Kier molecular flexibility index (Phi) is 4.30. The molecule has 2 saturated carbocycles. The van der Waals surface area contributed by atoms with E-state index in [1.54, 1.807) is 13.2 Å². The van der Waals surface area contributed by atoms with Gasteiger partial charge in [-0.05, 0) is 79.9 Å². The summed E-state index contributed by atoms with van der Waals surface area (Å²) < 4.78 is 5.47. The van der Waals surface area contributed by atoms with E-state index in [4.69, 9.17) is 9.84 Å². The Labute approximate surface area is 155 Å². The van der Waals surface area contributed by atoms with Gasteiger partial charge in [0.1, 0.15) is 0 Å². The second kappa shape index (κ2) is 6.26. The molecule has 0 unspecified atom stereocenters. The van der Waals surface area contributed by atoms with E-state index in [-0.39, 0.29) is 5.41 Å². The van der Waals surface area contributed by atoms with Crippen molar-refractivity contribution in [3.8, 4) is 0 Å². The number of allylic oxidation sites excluding steroid dienone is 4. The van der Waals surface area contributed by atoms with Crippen molar-refractivity contribution in [3.63, 3.8) is 0 Å². The maximum atomic E-state index is 11.3. The molecule has 0 aliphatic heterocycles. The average Bonchev–Trinajstić information content (AvgIpc) is 2.91. The van der Waals surface area contributed by atoms with Crippen molar-refractivity contribution < 1.29 is 19.7 Å². The first-order valence-electron chi connectivity index (χ1n) is 9.97. The highest BCUT2D eigenvalue weighted by Crippen LogP contribution is 2.64. The standard InChI is InChI=1S/C22H30O4/c1-21-10-7-17-16-6-4-15(26-2)13-14(16)3-5-18(17)19(21)8-11-22(21,25)12-9-20(23)24/h3,9,12-13,16-19,25H,4-8,10-11H2,1-2H3,(H,23,24)/b12-9-/t16-,17+,18+,19-,21-,22+/m0/s1. The molecule has 2 N–H and O–H groups in total. The van der Waals surface area contributed by atoms with Crippen molar-refractivity contribution in [2.75, 3.05) is 7.11 Å². The molecule has 26 heavy (non-hydrogen) atoms. The van der Waals surface area contributed by atoms with Crippen LogP contribution in [0.3, 0.4) is 0 Å². The van der Waals surface area contributed by atoms with Crippen LogP contribution in [0.25, 0.3) is 0 Å². The minimum absolute atomic E-state index is 0.215. The van der Waals surface area contributed by atoms with Gasteiger partial charge in [0, 0.05) is 17.9 Å². The molecule has 0 aromatic rings. The number of hydrogen-bond donors (Lipinski definition) is 2. The third kappa shape index (κ3) is 2.57. The van der Waals surface area contributed by atoms with Crippen molar-refractivity contribution in [1.29, 1.82) is 0 Å². The number of rotatable bonds is 3. The molecular weight excluding hydrogens is 328 g/mol. The van der Waals surface area contributed by atoms with Gasteiger partial charge in [0.25, 0.3) is 0 Å². The fourth-order valence-corrected chi connectivity index (χ4v) is 6.62. The predicted molar refractivity (Wildman–Crippen MR) is 99.3 cm³/mol. The first-order chi connectivity index (χ1) is 12.4. The molecule has 0 aromatic heterocycles. The van der Waals surface area contributed by atoms with Crippen LogP contribution < -0.4 is 0 Å². The van der Waals surface area contributed by atoms with Gasteiger partial charge in [-0.1, -0.05) is 13.0 Å². The number of carboxylic acid groups (broad SMARTS) is 1. The van der Waals surface area contributed by atoms with Gasteiger partial charge in [0.05, 0.1) is 18.5 Å². The topological polar surface area (TPSA) is 66.8 Å². The van der Waals surface area contributed by atoms with Crippen LogP contribution in [0.1, 0.15) is 51.9 Å². The van der Waals surface area contributed by atoms with Crippen molar-refractivity contribution in [2.45, 2.75) is 57.5 Å². The van der Waals surface area contributed by atoms with E-state index >= 15 is 0 Å². The Morgan fingerprint density at radius 2 is 2.08 bits per heavy atom. The number of fused-ring (bicyclic) bond motifs is 5. The summed E-state index contributed by atoms with van der Waals surface area (Å²) in [5.74, 6) is 2.50. The van der Waals surface area contributed by atoms with Gasteiger partial charge >= 0.3 is 5.97 Å². The highest BCUT2D eigenvalue weighted by atomic mass is 16.5. The van der Waals surface area contributed by atoms with Crippen LogP contribution in [0.15, 0.2) is 35.6 Å². The Balaban J connectivity index is 1.61. The molecule has 4 aliphatic rings. The summed E-state index contributed by atoms with van der Waals surface area (Å²) in [7, 11) is 1.76. The van der Waals surface area contributed by atoms with E-state index in [0.717, 1.165) is 43.9 Å². The van der Waals surface area contributed by atoms with Crippen molar-refractivity contribution in [1.82, 2.24) is 0 Å². The molecule has 4 aliphatic carbocycles. The summed E-state index contributed by atoms with van der Waals surface area (Å²) in [6, 6.07) is 0. The fraction of sp³-hybridized carbons (Fsp3) is 0.682. The third-order valence-corrected chi connectivity index (χ3v) is 8.07. The van der Waals surface area contributed by atoms with Gasteiger partial charge in [0.15, 0.2) is 0 Å². The van der Waals surface area contributed by atoms with Gasteiger partial charge in [-0.15, -0.1) is 0 Å². The van der Waals surface area contributed by atoms with Crippen LogP contribution in [0.5, 0.6) is 0 Å². The Morgan fingerprint density at radius 1 is 1.27 bits per heavy atom. The molecule has 0 saturated heterocycles. The highest BCUT2D eigenvalue weighted by molar-refractivity contribution is 5.80. The maximum absolute atomic E-state index is 11.3. The minimum Gasteiger partial charge on any atom is -0.501 e. The third-order valence-electron chi connectivity index (χ3n) is 8.07. The number of aliphatic hydroxyl groups is 1.